The number of hydrogen-bond donors (Lipinski definition) is 1. The number of likely N-dealkylation sites (N-methyl/N-ethyl adjacent to an activating group) is 1. The molecule has 1 amide bonds. The lowest BCUT2D eigenvalue weighted by molar-refractivity contribution is 0.0819. The number of carbonyl (C=O) groups is 1. The van der Waals surface area contributed by atoms with Gasteiger partial charge in [-0.1, -0.05) is 12.2 Å². The topological polar surface area (TPSA) is 46.3 Å². The maximum Gasteiger partial charge on any atom is 0.265 e. The molecular formula is C8H9BrN2OS2. The van der Waals surface area contributed by atoms with E-state index in [0.29, 0.717) is 16.4 Å². The maximum atomic E-state index is 11.8. The number of rotatable bonds is 3. The molecule has 0 atom stereocenters. The van der Waals surface area contributed by atoms with Gasteiger partial charge >= 0.3 is 0 Å². The first kappa shape index (κ1) is 11.6. The third-order valence-corrected chi connectivity index (χ3v) is 3.51. The quantitative estimate of drug-likeness (QED) is 0.865. The van der Waals surface area contributed by atoms with E-state index in [1.807, 2.05) is 11.4 Å². The third kappa shape index (κ3) is 2.76. The van der Waals surface area contributed by atoms with E-state index < -0.39 is 0 Å². The summed E-state index contributed by atoms with van der Waals surface area (Å²) in [7, 11) is 1.67. The molecule has 0 bridgehead atoms. The second-order valence-electron chi connectivity index (χ2n) is 2.73. The first-order valence-corrected chi connectivity index (χ1v) is 5.87. The zero-order valence-corrected chi connectivity index (χ0v) is 10.7. The minimum absolute atomic E-state index is 0.0697. The Kier molecular flexibility index (Phi) is 4.03. The second-order valence-corrected chi connectivity index (χ2v) is 5.02. The highest BCUT2D eigenvalue weighted by atomic mass is 79.9. The molecule has 76 valence electrons. The van der Waals surface area contributed by atoms with Crippen molar-refractivity contribution < 1.29 is 4.79 Å². The van der Waals surface area contributed by atoms with Gasteiger partial charge in [-0.05, 0) is 27.4 Å². The molecular weight excluding hydrogens is 284 g/mol. The fourth-order valence-electron chi connectivity index (χ4n) is 0.925. The van der Waals surface area contributed by atoms with Gasteiger partial charge < -0.3 is 10.6 Å². The molecule has 0 fully saturated rings. The van der Waals surface area contributed by atoms with Crippen molar-refractivity contribution in [3.05, 3.63) is 20.8 Å². The van der Waals surface area contributed by atoms with E-state index >= 15 is 0 Å². The van der Waals surface area contributed by atoms with Gasteiger partial charge in [-0.15, -0.1) is 11.3 Å². The number of thiocarbonyl (C=S) groups is 1. The van der Waals surface area contributed by atoms with E-state index in [-0.39, 0.29) is 5.91 Å². The molecule has 0 unspecified atom stereocenters. The highest BCUT2D eigenvalue weighted by molar-refractivity contribution is 9.10. The monoisotopic (exact) mass is 292 g/mol. The molecule has 0 aromatic carbocycles. The van der Waals surface area contributed by atoms with E-state index in [1.54, 1.807) is 7.05 Å². The summed E-state index contributed by atoms with van der Waals surface area (Å²) in [5.74, 6) is -0.0697. The Morgan fingerprint density at radius 2 is 2.43 bits per heavy atom. The van der Waals surface area contributed by atoms with E-state index in [4.69, 9.17) is 18.0 Å². The van der Waals surface area contributed by atoms with Crippen LogP contribution in [0.1, 0.15) is 9.67 Å². The molecule has 14 heavy (non-hydrogen) atoms. The minimum Gasteiger partial charge on any atom is -0.392 e. The predicted molar refractivity (Wildman–Crippen MR) is 65.8 cm³/mol. The van der Waals surface area contributed by atoms with E-state index in [1.165, 1.54) is 16.2 Å². The summed E-state index contributed by atoms with van der Waals surface area (Å²) in [6, 6.07) is 1.84. The van der Waals surface area contributed by atoms with Gasteiger partial charge in [0, 0.05) is 11.5 Å². The van der Waals surface area contributed by atoms with Crippen molar-refractivity contribution in [1.29, 1.82) is 0 Å². The van der Waals surface area contributed by atoms with Crippen LogP contribution >= 0.6 is 39.5 Å². The van der Waals surface area contributed by atoms with Crippen molar-refractivity contribution in [1.82, 2.24) is 4.90 Å². The summed E-state index contributed by atoms with van der Waals surface area (Å²) in [6.45, 7) is 0.304. The number of nitrogens with two attached hydrogens (primary N) is 1. The van der Waals surface area contributed by atoms with Crippen LogP contribution in [0.25, 0.3) is 0 Å². The highest BCUT2D eigenvalue weighted by Gasteiger charge is 2.16. The molecule has 0 saturated heterocycles. The smallest absolute Gasteiger partial charge is 0.265 e. The van der Waals surface area contributed by atoms with Gasteiger partial charge in [0.2, 0.25) is 0 Å². The Hall–Kier alpha value is -0.460. The molecule has 0 aliphatic heterocycles. The number of amides is 1. The highest BCUT2D eigenvalue weighted by Crippen LogP contribution is 2.23. The van der Waals surface area contributed by atoms with Crippen LogP contribution in [0.3, 0.4) is 0 Å². The molecule has 3 nitrogen and oxygen atoms in total. The molecule has 2 N–H and O–H groups in total. The number of nitrogens with zero attached hydrogens (tertiary/aromatic N) is 1. The Bertz CT molecular complexity index is 364. The zero-order valence-electron chi connectivity index (χ0n) is 7.49. The first-order valence-electron chi connectivity index (χ1n) is 3.79. The van der Waals surface area contributed by atoms with E-state index in [0.717, 1.165) is 4.47 Å². The lowest BCUT2D eigenvalue weighted by atomic mass is 10.4. The van der Waals surface area contributed by atoms with Crippen LogP contribution in [-0.4, -0.2) is 29.4 Å². The molecule has 0 aliphatic carbocycles. The normalized spacial score (nSPS) is 9.86. The van der Waals surface area contributed by atoms with Crippen LogP contribution < -0.4 is 5.73 Å². The Morgan fingerprint density at radius 1 is 1.79 bits per heavy atom. The van der Waals surface area contributed by atoms with Crippen molar-refractivity contribution in [3.8, 4) is 0 Å². The Labute approximate surface area is 100 Å². The summed E-state index contributed by atoms with van der Waals surface area (Å²) in [5, 5.41) is 1.85. The van der Waals surface area contributed by atoms with E-state index in [2.05, 4.69) is 15.9 Å². The third-order valence-electron chi connectivity index (χ3n) is 1.55. The van der Waals surface area contributed by atoms with Crippen LogP contribution in [0.2, 0.25) is 0 Å². The van der Waals surface area contributed by atoms with Crippen molar-refractivity contribution in [2.24, 2.45) is 5.73 Å². The molecule has 1 heterocycles. The average molecular weight is 293 g/mol. The fourth-order valence-corrected chi connectivity index (χ4v) is 2.65. The van der Waals surface area contributed by atoms with Crippen LogP contribution in [0, 0.1) is 0 Å². The van der Waals surface area contributed by atoms with Crippen LogP contribution in [0.4, 0.5) is 0 Å². The van der Waals surface area contributed by atoms with Gasteiger partial charge in [0.25, 0.3) is 5.91 Å². The molecule has 0 saturated carbocycles. The summed E-state index contributed by atoms with van der Waals surface area (Å²) in [5.41, 5.74) is 5.35. The number of carbonyl (C=O) groups excluding carboxylic acids is 1. The number of thiophene rings is 1. The Morgan fingerprint density at radius 3 is 2.86 bits per heavy atom. The summed E-state index contributed by atoms with van der Waals surface area (Å²) in [4.78, 5) is 14.2. The van der Waals surface area contributed by atoms with Gasteiger partial charge in [0.15, 0.2) is 0 Å². The maximum absolute atomic E-state index is 11.8. The number of hydrogen-bond acceptors (Lipinski definition) is 3. The molecule has 6 heteroatoms. The first-order chi connectivity index (χ1) is 6.52. The van der Waals surface area contributed by atoms with Crippen LogP contribution in [0.15, 0.2) is 15.9 Å². The molecule has 0 radical (unpaired) electrons. The molecule has 1 aromatic heterocycles. The van der Waals surface area contributed by atoms with Gasteiger partial charge in [0.1, 0.15) is 4.88 Å². The summed E-state index contributed by atoms with van der Waals surface area (Å²) < 4.78 is 0.808. The predicted octanol–water partition coefficient (Wildman–Crippen LogP) is 1.87. The van der Waals surface area contributed by atoms with Crippen molar-refractivity contribution >= 4 is 50.4 Å². The lowest BCUT2D eigenvalue weighted by Gasteiger charge is -2.15. The van der Waals surface area contributed by atoms with E-state index in [9.17, 15) is 4.79 Å². The second kappa shape index (κ2) is 4.86. The van der Waals surface area contributed by atoms with Gasteiger partial charge in [-0.3, -0.25) is 4.79 Å². The SMILES string of the molecule is CN(CC(N)=S)C(=O)c1sccc1Br. The fraction of sp³-hybridized carbons (Fsp3) is 0.250. The van der Waals surface area contributed by atoms with Crippen molar-refractivity contribution in [2.45, 2.75) is 0 Å². The molecule has 0 spiro atoms. The lowest BCUT2D eigenvalue weighted by Crippen LogP contribution is -2.34. The molecule has 1 aromatic rings. The van der Waals surface area contributed by atoms with Gasteiger partial charge in [0.05, 0.1) is 11.5 Å². The van der Waals surface area contributed by atoms with Crippen LogP contribution in [-0.2, 0) is 0 Å². The summed E-state index contributed by atoms with van der Waals surface area (Å²) >= 11 is 9.42. The van der Waals surface area contributed by atoms with Crippen LogP contribution in [0.5, 0.6) is 0 Å². The molecule has 1 rings (SSSR count). The van der Waals surface area contributed by atoms with Gasteiger partial charge in [-0.25, -0.2) is 0 Å². The standard InChI is InChI=1S/C8H9BrN2OS2/c1-11(4-6(10)13)8(12)7-5(9)2-3-14-7/h2-3H,4H2,1H3,(H2,10,13). The number of halogens is 1. The van der Waals surface area contributed by atoms with Crippen molar-refractivity contribution in [2.75, 3.05) is 13.6 Å². The van der Waals surface area contributed by atoms with Crippen molar-refractivity contribution in [3.63, 3.8) is 0 Å². The average Bonchev–Trinajstić information content (AvgIpc) is 2.48. The minimum atomic E-state index is -0.0697. The Balaban J connectivity index is 2.76. The molecule has 0 aliphatic rings. The van der Waals surface area contributed by atoms with Gasteiger partial charge in [-0.2, -0.15) is 0 Å². The largest absolute Gasteiger partial charge is 0.392 e. The summed E-state index contributed by atoms with van der Waals surface area (Å²) in [6.07, 6.45) is 0. The zero-order chi connectivity index (χ0) is 10.7.